The van der Waals surface area contributed by atoms with Gasteiger partial charge in [-0.15, -0.1) is 0 Å². The zero-order chi connectivity index (χ0) is 29.0. The van der Waals surface area contributed by atoms with E-state index < -0.39 is 53.8 Å². The quantitative estimate of drug-likeness (QED) is 0.154. The number of hydrogen-bond donors (Lipinski definition) is 7. The normalized spacial score (nSPS) is 15.0. The first-order chi connectivity index (χ1) is 17.7. The van der Waals surface area contributed by atoms with Gasteiger partial charge in [0.1, 0.15) is 23.9 Å². The summed E-state index contributed by atoms with van der Waals surface area (Å²) in [5.74, 6) is -4.09. The third-order valence-electron chi connectivity index (χ3n) is 6.16. The average Bonchev–Trinajstić information content (AvgIpc) is 2.84. The Balaban J connectivity index is 3.02. The zero-order valence-electron chi connectivity index (χ0n) is 22.4. The fourth-order valence-corrected chi connectivity index (χ4v) is 3.70. The number of nitrogens with one attached hydrogen (secondary N) is 3. The molecule has 0 heterocycles. The number of aliphatic carboxylic acids is 1. The minimum Gasteiger partial charge on any atom is -0.508 e. The van der Waals surface area contributed by atoms with Gasteiger partial charge in [0.15, 0.2) is 0 Å². The second-order valence-corrected chi connectivity index (χ2v) is 9.94. The average molecular weight is 536 g/mol. The van der Waals surface area contributed by atoms with Crippen LogP contribution in [0.15, 0.2) is 24.3 Å². The molecular formula is C26H41N5O7. The number of nitrogens with two attached hydrogens (primary N) is 2. The van der Waals surface area contributed by atoms with Crippen LogP contribution >= 0.6 is 0 Å². The number of phenolic OH excluding ortho intramolecular Hbond substituents is 1. The predicted octanol–water partition coefficient (Wildman–Crippen LogP) is 0.159. The molecule has 1 aromatic rings. The number of aromatic hydroxyl groups is 1. The number of phenols is 1. The standard InChI is InChI=1S/C26H41N5O7/c1-5-15(4)22(25(36)30-20(26(37)38)13-16-6-8-17(32)9-7-16)31-24(35)19(12-14(2)3)29-23(34)18(27)10-11-21(28)33/h6-9,14-15,18-20,22,32H,5,10-13,27H2,1-4H3,(H2,28,33)(H,29,34)(H,30,36)(H,31,35)(H,37,38). The van der Waals surface area contributed by atoms with E-state index in [0.717, 1.165) is 0 Å². The first-order valence-electron chi connectivity index (χ1n) is 12.7. The lowest BCUT2D eigenvalue weighted by Crippen LogP contribution is -2.59. The fourth-order valence-electron chi connectivity index (χ4n) is 3.70. The van der Waals surface area contributed by atoms with E-state index in [9.17, 15) is 34.2 Å². The summed E-state index contributed by atoms with van der Waals surface area (Å²) < 4.78 is 0. The van der Waals surface area contributed by atoms with Crippen LogP contribution in [0.3, 0.4) is 0 Å². The van der Waals surface area contributed by atoms with Crippen molar-refractivity contribution in [2.75, 3.05) is 0 Å². The minimum atomic E-state index is -1.27. The van der Waals surface area contributed by atoms with Crippen LogP contribution in [0.1, 0.15) is 58.9 Å². The SMILES string of the molecule is CCC(C)C(NC(=O)C(CC(C)C)NC(=O)C(N)CCC(N)=O)C(=O)NC(Cc1ccc(O)cc1)C(=O)O. The van der Waals surface area contributed by atoms with Crippen molar-refractivity contribution >= 4 is 29.6 Å². The van der Waals surface area contributed by atoms with Crippen LogP contribution in [0.25, 0.3) is 0 Å². The van der Waals surface area contributed by atoms with E-state index >= 15 is 0 Å². The van der Waals surface area contributed by atoms with Crippen molar-refractivity contribution in [1.29, 1.82) is 0 Å². The summed E-state index contributed by atoms with van der Waals surface area (Å²) in [4.78, 5) is 61.8. The molecule has 12 heteroatoms. The molecule has 5 atom stereocenters. The topological polar surface area (TPSA) is 214 Å². The summed E-state index contributed by atoms with van der Waals surface area (Å²) in [6.07, 6.45) is 0.673. The molecule has 0 saturated heterocycles. The van der Waals surface area contributed by atoms with Crippen molar-refractivity contribution in [3.63, 3.8) is 0 Å². The first kappa shape index (κ1) is 32.4. The number of carboxylic acid groups (broad SMARTS) is 1. The van der Waals surface area contributed by atoms with E-state index in [1.807, 2.05) is 20.8 Å². The van der Waals surface area contributed by atoms with Crippen molar-refractivity contribution in [2.45, 2.75) is 84.0 Å². The smallest absolute Gasteiger partial charge is 0.326 e. The third-order valence-corrected chi connectivity index (χ3v) is 6.16. The molecule has 12 nitrogen and oxygen atoms in total. The Hall–Kier alpha value is -3.67. The third kappa shape index (κ3) is 11.2. The Kier molecular flexibility index (Phi) is 13.2. The Morgan fingerprint density at radius 1 is 0.895 bits per heavy atom. The van der Waals surface area contributed by atoms with Gasteiger partial charge in [0.05, 0.1) is 6.04 Å². The van der Waals surface area contributed by atoms with Crippen molar-refractivity contribution in [2.24, 2.45) is 23.3 Å². The number of hydrogen-bond acceptors (Lipinski definition) is 7. The highest BCUT2D eigenvalue weighted by Crippen LogP contribution is 2.14. The molecule has 1 rings (SSSR count). The van der Waals surface area contributed by atoms with E-state index in [2.05, 4.69) is 16.0 Å². The van der Waals surface area contributed by atoms with E-state index in [4.69, 9.17) is 11.5 Å². The second kappa shape index (κ2) is 15.6. The van der Waals surface area contributed by atoms with Gasteiger partial charge in [-0.05, 0) is 42.4 Å². The highest BCUT2D eigenvalue weighted by Gasteiger charge is 2.33. The molecule has 1 aromatic carbocycles. The molecule has 0 aliphatic rings. The maximum atomic E-state index is 13.2. The Labute approximate surface area is 222 Å². The van der Waals surface area contributed by atoms with E-state index in [1.54, 1.807) is 19.1 Å². The number of carbonyl (C=O) groups is 5. The molecule has 0 radical (unpaired) electrons. The maximum absolute atomic E-state index is 13.2. The minimum absolute atomic E-state index is 0.00506. The molecule has 0 bridgehead atoms. The first-order valence-corrected chi connectivity index (χ1v) is 12.7. The van der Waals surface area contributed by atoms with Crippen LogP contribution in [0.2, 0.25) is 0 Å². The second-order valence-electron chi connectivity index (χ2n) is 9.94. The summed E-state index contributed by atoms with van der Waals surface area (Å²) >= 11 is 0. The zero-order valence-corrected chi connectivity index (χ0v) is 22.4. The largest absolute Gasteiger partial charge is 0.508 e. The Morgan fingerprint density at radius 3 is 1.97 bits per heavy atom. The van der Waals surface area contributed by atoms with E-state index in [0.29, 0.717) is 12.0 Å². The van der Waals surface area contributed by atoms with Crippen molar-refractivity contribution in [1.82, 2.24) is 16.0 Å². The number of carbonyl (C=O) groups excluding carboxylic acids is 4. The summed E-state index contributed by atoms with van der Waals surface area (Å²) in [7, 11) is 0. The number of rotatable bonds is 16. The Bertz CT molecular complexity index is 967. The molecule has 0 spiro atoms. The van der Waals surface area contributed by atoms with Crippen LogP contribution in [0, 0.1) is 11.8 Å². The fraction of sp³-hybridized carbons (Fsp3) is 0.577. The van der Waals surface area contributed by atoms with Gasteiger partial charge in [0.2, 0.25) is 23.6 Å². The van der Waals surface area contributed by atoms with Gasteiger partial charge < -0.3 is 37.6 Å². The van der Waals surface area contributed by atoms with Gasteiger partial charge in [0, 0.05) is 12.8 Å². The van der Waals surface area contributed by atoms with Gasteiger partial charge in [-0.1, -0.05) is 46.2 Å². The van der Waals surface area contributed by atoms with Gasteiger partial charge in [-0.2, -0.15) is 0 Å². The molecule has 5 unspecified atom stereocenters. The highest BCUT2D eigenvalue weighted by molar-refractivity contribution is 5.94. The molecule has 0 aliphatic carbocycles. The predicted molar refractivity (Wildman–Crippen MR) is 141 cm³/mol. The maximum Gasteiger partial charge on any atom is 0.326 e. The molecular weight excluding hydrogens is 494 g/mol. The summed E-state index contributed by atoms with van der Waals surface area (Å²) in [6.45, 7) is 7.29. The molecule has 38 heavy (non-hydrogen) atoms. The lowest BCUT2D eigenvalue weighted by Gasteiger charge is -2.28. The summed E-state index contributed by atoms with van der Waals surface area (Å²) in [5, 5.41) is 26.9. The van der Waals surface area contributed by atoms with Crippen molar-refractivity contribution in [3.8, 4) is 5.75 Å². The van der Waals surface area contributed by atoms with Crippen molar-refractivity contribution in [3.05, 3.63) is 29.8 Å². The highest BCUT2D eigenvalue weighted by atomic mass is 16.4. The van der Waals surface area contributed by atoms with E-state index in [1.165, 1.54) is 12.1 Å². The summed E-state index contributed by atoms with van der Waals surface area (Å²) in [6, 6.07) is 1.55. The molecule has 0 fully saturated rings. The lowest BCUT2D eigenvalue weighted by molar-refractivity contribution is -0.142. The van der Waals surface area contributed by atoms with E-state index in [-0.39, 0.29) is 43.3 Å². The van der Waals surface area contributed by atoms with Crippen LogP contribution in [0.4, 0.5) is 0 Å². The number of benzene rings is 1. The lowest BCUT2D eigenvalue weighted by atomic mass is 9.96. The molecule has 0 saturated carbocycles. The molecule has 212 valence electrons. The number of primary amides is 1. The van der Waals surface area contributed by atoms with Crippen LogP contribution in [-0.4, -0.2) is 64.0 Å². The van der Waals surface area contributed by atoms with Crippen molar-refractivity contribution < 1.29 is 34.2 Å². The Morgan fingerprint density at radius 2 is 1.47 bits per heavy atom. The monoisotopic (exact) mass is 535 g/mol. The van der Waals surface area contributed by atoms with Crippen LogP contribution < -0.4 is 27.4 Å². The van der Waals surface area contributed by atoms with Gasteiger partial charge in [-0.25, -0.2) is 4.79 Å². The van der Waals surface area contributed by atoms with Gasteiger partial charge in [0.25, 0.3) is 0 Å². The molecule has 4 amide bonds. The molecule has 9 N–H and O–H groups in total. The van der Waals surface area contributed by atoms with Crippen LogP contribution in [0.5, 0.6) is 5.75 Å². The summed E-state index contributed by atoms with van der Waals surface area (Å²) in [5.41, 5.74) is 11.5. The van der Waals surface area contributed by atoms with Gasteiger partial charge in [-0.3, -0.25) is 19.2 Å². The van der Waals surface area contributed by atoms with Crippen LogP contribution in [-0.2, 0) is 30.4 Å². The molecule has 0 aliphatic heterocycles. The molecule has 0 aromatic heterocycles. The van der Waals surface area contributed by atoms with Gasteiger partial charge >= 0.3 is 5.97 Å². The number of carboxylic acids is 1. The number of amides is 4.